The summed E-state index contributed by atoms with van der Waals surface area (Å²) in [5, 5.41) is 12.5. The molecular formula is C25H31ClN6O2. The second-order valence-electron chi connectivity index (χ2n) is 8.91. The minimum Gasteiger partial charge on any atom is -0.490 e. The highest BCUT2D eigenvalue weighted by molar-refractivity contribution is 6.31. The van der Waals surface area contributed by atoms with Crippen LogP contribution < -0.4 is 15.0 Å². The first kappa shape index (κ1) is 24.2. The number of piperazine rings is 1. The van der Waals surface area contributed by atoms with Crippen molar-refractivity contribution in [2.24, 2.45) is 0 Å². The number of amides is 1. The number of hydrogen-bond acceptors (Lipinski definition) is 7. The third-order valence-corrected chi connectivity index (χ3v) is 6.79. The van der Waals surface area contributed by atoms with Gasteiger partial charge in [0, 0.05) is 38.3 Å². The van der Waals surface area contributed by atoms with E-state index in [4.69, 9.17) is 21.6 Å². The van der Waals surface area contributed by atoms with Crippen molar-refractivity contribution < 1.29 is 9.53 Å². The second kappa shape index (κ2) is 11.5. The van der Waals surface area contributed by atoms with E-state index in [1.807, 2.05) is 6.07 Å². The van der Waals surface area contributed by atoms with E-state index in [0.29, 0.717) is 22.0 Å². The summed E-state index contributed by atoms with van der Waals surface area (Å²) in [6.45, 7) is 7.26. The molecule has 0 unspecified atom stereocenters. The number of nitrogens with zero attached hydrogens (tertiary/aromatic N) is 5. The van der Waals surface area contributed by atoms with E-state index in [0.717, 1.165) is 64.2 Å². The number of anilines is 1. The van der Waals surface area contributed by atoms with E-state index in [1.54, 1.807) is 30.6 Å². The van der Waals surface area contributed by atoms with Gasteiger partial charge >= 0.3 is 0 Å². The number of nitrogens with one attached hydrogen (secondary N) is 1. The van der Waals surface area contributed by atoms with Gasteiger partial charge in [0.05, 0.1) is 29.1 Å². The summed E-state index contributed by atoms with van der Waals surface area (Å²) in [5.74, 6) is 1.31. The Morgan fingerprint density at radius 2 is 1.94 bits per heavy atom. The van der Waals surface area contributed by atoms with Crippen molar-refractivity contribution >= 4 is 23.3 Å². The minimum absolute atomic E-state index is 0.0639. The number of rotatable bonds is 7. The molecule has 1 saturated heterocycles. The van der Waals surface area contributed by atoms with Crippen LogP contribution in [0.3, 0.4) is 0 Å². The Morgan fingerprint density at radius 3 is 2.56 bits per heavy atom. The zero-order chi connectivity index (χ0) is 23.9. The first-order valence-corrected chi connectivity index (χ1v) is 12.4. The number of aromatic nitrogens is 2. The molecule has 0 radical (unpaired) electrons. The molecule has 1 amide bonds. The number of carbonyl (C=O) groups excluding carboxylic acids is 1. The summed E-state index contributed by atoms with van der Waals surface area (Å²) in [5.41, 5.74) is 0.782. The van der Waals surface area contributed by atoms with Crippen LogP contribution >= 0.6 is 11.6 Å². The van der Waals surface area contributed by atoms with Gasteiger partial charge in [-0.15, -0.1) is 0 Å². The largest absolute Gasteiger partial charge is 0.490 e. The molecular weight excluding hydrogens is 452 g/mol. The van der Waals surface area contributed by atoms with E-state index in [2.05, 4.69) is 32.0 Å². The number of nitriles is 1. The lowest BCUT2D eigenvalue weighted by Gasteiger charge is -2.35. The van der Waals surface area contributed by atoms with Crippen molar-refractivity contribution in [3.63, 3.8) is 0 Å². The van der Waals surface area contributed by atoms with Gasteiger partial charge in [-0.1, -0.05) is 18.5 Å². The normalized spacial score (nSPS) is 21.0. The van der Waals surface area contributed by atoms with Crippen LogP contribution in [0.4, 0.5) is 5.82 Å². The minimum atomic E-state index is -0.185. The SMILES string of the molecule is CCCN1CCN(c2cnc(C(=O)NC3CCC(Oc4ccc(C#N)c(Cl)c4)CC3)cn2)CC1. The predicted octanol–water partition coefficient (Wildman–Crippen LogP) is 3.65. The Hall–Kier alpha value is -2.89. The maximum atomic E-state index is 12.7. The molecule has 1 saturated carbocycles. The summed E-state index contributed by atoms with van der Waals surface area (Å²) in [6, 6.07) is 7.26. The summed E-state index contributed by atoms with van der Waals surface area (Å²) in [7, 11) is 0. The monoisotopic (exact) mass is 482 g/mol. The van der Waals surface area contributed by atoms with Gasteiger partial charge in [0.2, 0.25) is 0 Å². The Bertz CT molecular complexity index is 1010. The highest BCUT2D eigenvalue weighted by Gasteiger charge is 2.25. The van der Waals surface area contributed by atoms with Crippen molar-refractivity contribution in [2.75, 3.05) is 37.6 Å². The molecule has 0 spiro atoms. The van der Waals surface area contributed by atoms with E-state index in [1.165, 1.54) is 6.42 Å². The fourth-order valence-electron chi connectivity index (χ4n) is 4.56. The van der Waals surface area contributed by atoms with Gasteiger partial charge in [-0.3, -0.25) is 9.69 Å². The van der Waals surface area contributed by atoms with E-state index >= 15 is 0 Å². The molecule has 8 nitrogen and oxygen atoms in total. The predicted molar refractivity (Wildman–Crippen MR) is 131 cm³/mol. The molecule has 4 rings (SSSR count). The molecule has 2 heterocycles. The highest BCUT2D eigenvalue weighted by atomic mass is 35.5. The smallest absolute Gasteiger partial charge is 0.271 e. The second-order valence-corrected chi connectivity index (χ2v) is 9.31. The molecule has 180 valence electrons. The number of benzene rings is 1. The molecule has 1 aliphatic heterocycles. The van der Waals surface area contributed by atoms with Crippen LogP contribution in [0.2, 0.25) is 5.02 Å². The summed E-state index contributed by atoms with van der Waals surface area (Å²) < 4.78 is 6.03. The van der Waals surface area contributed by atoms with Crippen molar-refractivity contribution in [1.82, 2.24) is 20.2 Å². The van der Waals surface area contributed by atoms with Crippen molar-refractivity contribution in [1.29, 1.82) is 5.26 Å². The van der Waals surface area contributed by atoms with Gasteiger partial charge in [0.1, 0.15) is 23.3 Å². The molecule has 9 heteroatoms. The van der Waals surface area contributed by atoms with Crippen LogP contribution in [0.15, 0.2) is 30.6 Å². The number of hydrogen-bond donors (Lipinski definition) is 1. The van der Waals surface area contributed by atoms with Crippen LogP contribution in [0.25, 0.3) is 0 Å². The third kappa shape index (κ3) is 6.16. The van der Waals surface area contributed by atoms with Crippen LogP contribution in [0.1, 0.15) is 55.1 Å². The molecule has 2 fully saturated rings. The summed E-state index contributed by atoms with van der Waals surface area (Å²) in [6.07, 6.45) is 7.83. The molecule has 1 N–H and O–H groups in total. The standard InChI is InChI=1S/C25H31ClN6O2/c1-2-9-31-10-12-32(13-11-31)24-17-28-23(16-29-24)25(33)30-19-4-7-20(8-5-19)34-21-6-3-18(15-27)22(26)14-21/h3,6,14,16-17,19-20H,2,4-5,7-13H2,1H3,(H,30,33). The Kier molecular flexibility index (Phi) is 8.20. The lowest BCUT2D eigenvalue weighted by atomic mass is 9.93. The molecule has 1 aromatic heterocycles. The van der Waals surface area contributed by atoms with Crippen LogP contribution in [-0.2, 0) is 0 Å². The van der Waals surface area contributed by atoms with Gasteiger partial charge in [-0.05, 0) is 50.8 Å². The molecule has 34 heavy (non-hydrogen) atoms. The first-order chi connectivity index (χ1) is 16.6. The average Bonchev–Trinajstić information content (AvgIpc) is 2.86. The highest BCUT2D eigenvalue weighted by Crippen LogP contribution is 2.27. The third-order valence-electron chi connectivity index (χ3n) is 6.48. The summed E-state index contributed by atoms with van der Waals surface area (Å²) >= 11 is 6.09. The Labute approximate surface area is 205 Å². The number of ether oxygens (including phenoxy) is 1. The van der Waals surface area contributed by atoms with Crippen LogP contribution in [0, 0.1) is 11.3 Å². The molecule has 0 bridgehead atoms. The lowest BCUT2D eigenvalue weighted by molar-refractivity contribution is 0.0888. The maximum absolute atomic E-state index is 12.7. The quantitative estimate of drug-likeness (QED) is 0.643. The average molecular weight is 483 g/mol. The fraction of sp³-hybridized carbons (Fsp3) is 0.520. The van der Waals surface area contributed by atoms with Gasteiger partial charge in [0.25, 0.3) is 5.91 Å². The van der Waals surface area contributed by atoms with Crippen molar-refractivity contribution in [3.05, 3.63) is 46.9 Å². The van der Waals surface area contributed by atoms with Crippen molar-refractivity contribution in [3.8, 4) is 11.8 Å². The zero-order valence-corrected chi connectivity index (χ0v) is 20.3. The Morgan fingerprint density at radius 1 is 1.18 bits per heavy atom. The first-order valence-electron chi connectivity index (χ1n) is 12.0. The van der Waals surface area contributed by atoms with Crippen LogP contribution in [-0.4, -0.2) is 65.6 Å². The fourth-order valence-corrected chi connectivity index (χ4v) is 4.77. The van der Waals surface area contributed by atoms with Gasteiger partial charge < -0.3 is 15.0 Å². The molecule has 2 aliphatic rings. The van der Waals surface area contributed by atoms with Gasteiger partial charge in [-0.2, -0.15) is 5.26 Å². The van der Waals surface area contributed by atoms with E-state index < -0.39 is 0 Å². The number of carbonyl (C=O) groups is 1. The lowest BCUT2D eigenvalue weighted by Crippen LogP contribution is -2.46. The van der Waals surface area contributed by atoms with E-state index in [-0.39, 0.29) is 18.1 Å². The van der Waals surface area contributed by atoms with E-state index in [9.17, 15) is 4.79 Å². The molecule has 2 aromatic rings. The van der Waals surface area contributed by atoms with Crippen molar-refractivity contribution in [2.45, 2.75) is 51.2 Å². The zero-order valence-electron chi connectivity index (χ0n) is 19.5. The molecule has 1 aromatic carbocycles. The number of halogens is 1. The summed E-state index contributed by atoms with van der Waals surface area (Å²) in [4.78, 5) is 26.2. The van der Waals surface area contributed by atoms with Crippen LogP contribution in [0.5, 0.6) is 5.75 Å². The van der Waals surface area contributed by atoms with Gasteiger partial charge in [0.15, 0.2) is 0 Å². The molecule has 1 aliphatic carbocycles. The maximum Gasteiger partial charge on any atom is 0.271 e. The molecule has 0 atom stereocenters. The Balaban J connectivity index is 1.22. The van der Waals surface area contributed by atoms with Gasteiger partial charge in [-0.25, -0.2) is 9.97 Å². The topological polar surface area (TPSA) is 94.4 Å².